The van der Waals surface area contributed by atoms with Crippen LogP contribution in [-0.4, -0.2) is 22.7 Å². The van der Waals surface area contributed by atoms with Gasteiger partial charge in [0.25, 0.3) is 0 Å². The lowest BCUT2D eigenvalue weighted by molar-refractivity contribution is 0.181. The van der Waals surface area contributed by atoms with Crippen LogP contribution in [0, 0.1) is 0 Å². The van der Waals surface area contributed by atoms with Crippen molar-refractivity contribution in [1.82, 2.24) is 10.3 Å². The first-order chi connectivity index (χ1) is 7.59. The van der Waals surface area contributed by atoms with Crippen LogP contribution in [0.15, 0.2) is 21.2 Å². The molecule has 0 amide bonds. The van der Waals surface area contributed by atoms with Gasteiger partial charge in [0.05, 0.1) is 11.8 Å². The highest BCUT2D eigenvalue weighted by atomic mass is 79.9. The molecule has 0 aliphatic heterocycles. The second-order valence-electron chi connectivity index (χ2n) is 3.75. The highest BCUT2D eigenvalue weighted by Crippen LogP contribution is 2.19. The molecule has 0 bridgehead atoms. The molecule has 5 heteroatoms. The molecule has 0 fully saturated rings. The van der Waals surface area contributed by atoms with Crippen LogP contribution < -0.4 is 5.32 Å². The Hall–Kier alpha value is 0.0300. The molecular formula is C11H16Br2N2O. The Bertz CT molecular complexity index is 332. The number of rotatable bonds is 6. The first-order valence-corrected chi connectivity index (χ1v) is 6.87. The maximum absolute atomic E-state index is 9.09. The van der Waals surface area contributed by atoms with Crippen molar-refractivity contribution >= 4 is 31.9 Å². The Morgan fingerprint density at radius 3 is 2.88 bits per heavy atom. The number of aromatic nitrogens is 1. The first-order valence-electron chi connectivity index (χ1n) is 5.28. The molecule has 1 atom stereocenters. The third kappa shape index (κ3) is 5.39. The monoisotopic (exact) mass is 350 g/mol. The molecule has 0 aliphatic carbocycles. The Kier molecular flexibility index (Phi) is 6.49. The van der Waals surface area contributed by atoms with Gasteiger partial charge < -0.3 is 10.4 Å². The Balaban J connectivity index is 2.27. The van der Waals surface area contributed by atoms with Crippen LogP contribution in [0.2, 0.25) is 0 Å². The van der Waals surface area contributed by atoms with E-state index in [0.717, 1.165) is 40.6 Å². The molecule has 90 valence electrons. The van der Waals surface area contributed by atoms with Gasteiger partial charge in [-0.15, -0.1) is 0 Å². The highest BCUT2D eigenvalue weighted by Gasteiger charge is 2.02. The van der Waals surface area contributed by atoms with Crippen molar-refractivity contribution < 1.29 is 5.11 Å². The van der Waals surface area contributed by atoms with E-state index in [9.17, 15) is 0 Å². The fourth-order valence-corrected chi connectivity index (χ4v) is 2.43. The van der Waals surface area contributed by atoms with Crippen LogP contribution in [0.3, 0.4) is 0 Å². The van der Waals surface area contributed by atoms with E-state index in [1.54, 1.807) is 6.20 Å². The van der Waals surface area contributed by atoms with Crippen molar-refractivity contribution in [2.45, 2.75) is 32.4 Å². The molecule has 0 saturated heterocycles. The average Bonchev–Trinajstić information content (AvgIpc) is 2.20. The van der Waals surface area contributed by atoms with Crippen LogP contribution >= 0.6 is 31.9 Å². The van der Waals surface area contributed by atoms with Crippen LogP contribution in [0.4, 0.5) is 0 Å². The summed E-state index contributed by atoms with van der Waals surface area (Å²) in [7, 11) is 0. The number of nitrogens with one attached hydrogen (secondary N) is 1. The second kappa shape index (κ2) is 7.37. The lowest BCUT2D eigenvalue weighted by Crippen LogP contribution is -2.17. The van der Waals surface area contributed by atoms with Gasteiger partial charge in [-0.1, -0.05) is 0 Å². The number of hydrogen-bond donors (Lipinski definition) is 2. The molecule has 1 aromatic rings. The fraction of sp³-hybridized carbons (Fsp3) is 0.545. The summed E-state index contributed by atoms with van der Waals surface area (Å²) in [5.41, 5.74) is 1.00. The van der Waals surface area contributed by atoms with E-state index in [-0.39, 0.29) is 6.10 Å². The van der Waals surface area contributed by atoms with Gasteiger partial charge in [-0.2, -0.15) is 0 Å². The summed E-state index contributed by atoms with van der Waals surface area (Å²) < 4.78 is 1.97. The third-order valence-electron chi connectivity index (χ3n) is 2.15. The SMILES string of the molecule is CC(O)CCCNCc1ncc(Br)cc1Br. The van der Waals surface area contributed by atoms with Crippen molar-refractivity contribution in [1.29, 1.82) is 0 Å². The van der Waals surface area contributed by atoms with E-state index in [2.05, 4.69) is 42.2 Å². The normalized spacial score (nSPS) is 12.8. The standard InChI is InChI=1S/C11H16Br2N2O/c1-8(16)3-2-4-14-7-11-10(13)5-9(12)6-15-11/h5-6,8,14,16H,2-4,7H2,1H3. The Morgan fingerprint density at radius 1 is 1.50 bits per heavy atom. The lowest BCUT2D eigenvalue weighted by Gasteiger charge is -2.07. The number of pyridine rings is 1. The van der Waals surface area contributed by atoms with E-state index < -0.39 is 0 Å². The smallest absolute Gasteiger partial charge is 0.0684 e. The van der Waals surface area contributed by atoms with Crippen molar-refractivity contribution in [3.63, 3.8) is 0 Å². The molecule has 2 N–H and O–H groups in total. The zero-order valence-corrected chi connectivity index (χ0v) is 12.4. The lowest BCUT2D eigenvalue weighted by atomic mass is 10.2. The summed E-state index contributed by atoms with van der Waals surface area (Å²) in [6, 6.07) is 1.99. The number of aliphatic hydroxyl groups excluding tert-OH is 1. The quantitative estimate of drug-likeness (QED) is 0.774. The van der Waals surface area contributed by atoms with Gasteiger partial charge in [-0.3, -0.25) is 4.98 Å². The number of nitrogens with zero attached hydrogens (tertiary/aromatic N) is 1. The summed E-state index contributed by atoms with van der Waals surface area (Å²) in [4.78, 5) is 4.30. The largest absolute Gasteiger partial charge is 0.393 e. The number of halogens is 2. The second-order valence-corrected chi connectivity index (χ2v) is 5.52. The molecule has 3 nitrogen and oxygen atoms in total. The maximum Gasteiger partial charge on any atom is 0.0684 e. The van der Waals surface area contributed by atoms with E-state index in [1.165, 1.54) is 0 Å². The predicted octanol–water partition coefficient (Wildman–Crippen LogP) is 2.86. The van der Waals surface area contributed by atoms with E-state index in [1.807, 2.05) is 13.0 Å². The van der Waals surface area contributed by atoms with E-state index >= 15 is 0 Å². The molecule has 0 saturated carbocycles. The zero-order chi connectivity index (χ0) is 12.0. The van der Waals surface area contributed by atoms with Crippen LogP contribution in [0.1, 0.15) is 25.5 Å². The maximum atomic E-state index is 9.09. The molecule has 1 heterocycles. The van der Waals surface area contributed by atoms with Crippen molar-refractivity contribution in [3.8, 4) is 0 Å². The Labute approximate surface area is 113 Å². The fourth-order valence-electron chi connectivity index (χ4n) is 1.30. The average molecular weight is 352 g/mol. The summed E-state index contributed by atoms with van der Waals surface area (Å²) in [6.45, 7) is 3.45. The summed E-state index contributed by atoms with van der Waals surface area (Å²) in [5.74, 6) is 0. The minimum atomic E-state index is -0.209. The zero-order valence-electron chi connectivity index (χ0n) is 9.21. The molecule has 0 spiro atoms. The third-order valence-corrected chi connectivity index (χ3v) is 3.27. The molecule has 0 aliphatic rings. The summed E-state index contributed by atoms with van der Waals surface area (Å²) >= 11 is 6.83. The van der Waals surface area contributed by atoms with Crippen molar-refractivity contribution in [2.75, 3.05) is 6.54 Å². The van der Waals surface area contributed by atoms with E-state index in [0.29, 0.717) is 0 Å². The van der Waals surface area contributed by atoms with Crippen molar-refractivity contribution in [2.24, 2.45) is 0 Å². The van der Waals surface area contributed by atoms with Gasteiger partial charge in [0.2, 0.25) is 0 Å². The minimum Gasteiger partial charge on any atom is -0.393 e. The topological polar surface area (TPSA) is 45.1 Å². The highest BCUT2D eigenvalue weighted by molar-refractivity contribution is 9.11. The number of aliphatic hydroxyl groups is 1. The molecule has 1 unspecified atom stereocenters. The Morgan fingerprint density at radius 2 is 2.25 bits per heavy atom. The van der Waals surface area contributed by atoms with Gasteiger partial charge in [-0.25, -0.2) is 0 Å². The minimum absolute atomic E-state index is 0.209. The molecule has 1 rings (SSSR count). The van der Waals surface area contributed by atoms with Crippen LogP contribution in [0.25, 0.3) is 0 Å². The van der Waals surface area contributed by atoms with Gasteiger partial charge in [0, 0.05) is 21.7 Å². The van der Waals surface area contributed by atoms with Gasteiger partial charge in [-0.05, 0) is 64.2 Å². The van der Waals surface area contributed by atoms with Crippen LogP contribution in [0.5, 0.6) is 0 Å². The molecular weight excluding hydrogens is 336 g/mol. The molecule has 0 radical (unpaired) electrons. The number of hydrogen-bond acceptors (Lipinski definition) is 3. The molecule has 16 heavy (non-hydrogen) atoms. The van der Waals surface area contributed by atoms with Gasteiger partial charge in [0.15, 0.2) is 0 Å². The van der Waals surface area contributed by atoms with Crippen molar-refractivity contribution in [3.05, 3.63) is 26.9 Å². The van der Waals surface area contributed by atoms with Gasteiger partial charge in [0.1, 0.15) is 0 Å². The predicted molar refractivity (Wildman–Crippen MR) is 72.3 cm³/mol. The first kappa shape index (κ1) is 14.1. The summed E-state index contributed by atoms with van der Waals surface area (Å²) in [5, 5.41) is 12.4. The van der Waals surface area contributed by atoms with E-state index in [4.69, 9.17) is 5.11 Å². The summed E-state index contributed by atoms with van der Waals surface area (Å²) in [6.07, 6.45) is 3.39. The molecule has 0 aromatic carbocycles. The molecule has 1 aromatic heterocycles. The van der Waals surface area contributed by atoms with Crippen LogP contribution in [-0.2, 0) is 6.54 Å². The van der Waals surface area contributed by atoms with Gasteiger partial charge >= 0.3 is 0 Å².